The van der Waals surface area contributed by atoms with Crippen LogP contribution in [-0.4, -0.2) is 38.5 Å². The summed E-state index contributed by atoms with van der Waals surface area (Å²) >= 11 is 0. The van der Waals surface area contributed by atoms with Crippen LogP contribution in [0.4, 0.5) is 4.39 Å². The van der Waals surface area contributed by atoms with Crippen LogP contribution in [0.25, 0.3) is 0 Å². The van der Waals surface area contributed by atoms with Crippen LogP contribution in [0.5, 0.6) is 0 Å². The number of benzene rings is 1. The minimum atomic E-state index is -3.89. The first-order valence-electron chi connectivity index (χ1n) is 5.72. The Morgan fingerprint density at radius 3 is 2.95 bits per heavy atom. The second-order valence-electron chi connectivity index (χ2n) is 4.25. The van der Waals surface area contributed by atoms with E-state index in [1.807, 2.05) is 6.07 Å². The molecule has 1 saturated heterocycles. The third kappa shape index (κ3) is 2.61. The Labute approximate surface area is 111 Å². The Morgan fingerprint density at radius 2 is 2.26 bits per heavy atom. The molecule has 0 N–H and O–H groups in total. The van der Waals surface area contributed by atoms with E-state index in [0.29, 0.717) is 5.56 Å². The molecule has 2 rings (SSSR count). The number of hydrogen-bond donors (Lipinski definition) is 0. The van der Waals surface area contributed by atoms with Gasteiger partial charge < -0.3 is 4.74 Å². The number of sulfonamides is 1. The van der Waals surface area contributed by atoms with Gasteiger partial charge >= 0.3 is 0 Å². The highest BCUT2D eigenvalue weighted by molar-refractivity contribution is 7.89. The molecule has 1 aliphatic heterocycles. The Kier molecular flexibility index (Phi) is 3.85. The number of nitrogens with zero attached hydrogens (tertiary/aromatic N) is 2. The minimum absolute atomic E-state index is 0.0318. The van der Waals surface area contributed by atoms with E-state index in [4.69, 9.17) is 10.00 Å². The number of rotatable bonds is 2. The third-order valence-corrected chi connectivity index (χ3v) is 5.02. The van der Waals surface area contributed by atoms with Crippen LogP contribution in [0.3, 0.4) is 0 Å². The molecule has 1 atom stereocenters. The summed E-state index contributed by atoms with van der Waals surface area (Å²) in [7, 11) is -3.89. The summed E-state index contributed by atoms with van der Waals surface area (Å²) in [4.78, 5) is -0.102. The van der Waals surface area contributed by atoms with Gasteiger partial charge in [-0.05, 0) is 24.6 Å². The van der Waals surface area contributed by atoms with Crippen molar-refractivity contribution < 1.29 is 17.5 Å². The number of ether oxygens (including phenoxy) is 1. The van der Waals surface area contributed by atoms with Crippen LogP contribution in [-0.2, 0) is 14.8 Å². The molecule has 19 heavy (non-hydrogen) atoms. The summed E-state index contributed by atoms with van der Waals surface area (Å²) in [6, 6.07) is 4.61. The van der Waals surface area contributed by atoms with Crippen molar-refractivity contribution >= 4 is 10.0 Å². The van der Waals surface area contributed by atoms with Crippen LogP contribution >= 0.6 is 0 Å². The molecule has 102 valence electrons. The summed E-state index contributed by atoms with van der Waals surface area (Å²) in [6.07, 6.45) is 0. The molecule has 0 saturated carbocycles. The number of nitriles is 1. The average Bonchev–Trinajstić information content (AvgIpc) is 2.41. The van der Waals surface area contributed by atoms with Gasteiger partial charge in [0.2, 0.25) is 10.0 Å². The van der Waals surface area contributed by atoms with Crippen LogP contribution in [0.2, 0.25) is 0 Å². The molecular weight excluding hydrogens is 271 g/mol. The second-order valence-corrected chi connectivity index (χ2v) is 6.10. The van der Waals surface area contributed by atoms with Gasteiger partial charge in [0, 0.05) is 6.54 Å². The van der Waals surface area contributed by atoms with Crippen LogP contribution in [0, 0.1) is 24.1 Å². The topological polar surface area (TPSA) is 70.4 Å². The summed E-state index contributed by atoms with van der Waals surface area (Å²) in [5, 5.41) is 8.99. The van der Waals surface area contributed by atoms with E-state index in [1.165, 1.54) is 12.1 Å². The first kappa shape index (κ1) is 13.9. The molecule has 0 unspecified atom stereocenters. The fourth-order valence-electron chi connectivity index (χ4n) is 1.96. The molecule has 1 aromatic rings. The van der Waals surface area contributed by atoms with Crippen molar-refractivity contribution in [1.82, 2.24) is 4.31 Å². The molecule has 1 aliphatic rings. The summed E-state index contributed by atoms with van der Waals surface area (Å²) < 4.78 is 44.4. The first-order valence-corrected chi connectivity index (χ1v) is 7.16. The van der Waals surface area contributed by atoms with E-state index >= 15 is 0 Å². The van der Waals surface area contributed by atoms with E-state index in [-0.39, 0.29) is 24.7 Å². The predicted molar refractivity (Wildman–Crippen MR) is 65.2 cm³/mol. The van der Waals surface area contributed by atoms with Crippen molar-refractivity contribution in [2.75, 3.05) is 19.8 Å². The Balaban J connectivity index is 2.47. The van der Waals surface area contributed by atoms with E-state index < -0.39 is 21.9 Å². The number of hydrogen-bond acceptors (Lipinski definition) is 4. The normalized spacial score (nSPS) is 21.0. The number of aryl methyl sites for hydroxylation is 1. The van der Waals surface area contributed by atoms with Crippen LogP contribution in [0.1, 0.15) is 5.56 Å². The summed E-state index contributed by atoms with van der Waals surface area (Å²) in [5.41, 5.74) is 0.449. The zero-order valence-electron chi connectivity index (χ0n) is 10.3. The van der Waals surface area contributed by atoms with Crippen molar-refractivity contribution in [2.45, 2.75) is 17.9 Å². The maximum Gasteiger partial charge on any atom is 0.244 e. The lowest BCUT2D eigenvalue weighted by atomic mass is 10.2. The molecule has 1 heterocycles. The Bertz CT molecular complexity index is 624. The maximum atomic E-state index is 13.3. The lowest BCUT2D eigenvalue weighted by molar-refractivity contribution is 0.0511. The highest BCUT2D eigenvalue weighted by Gasteiger charge is 2.35. The van der Waals surface area contributed by atoms with Crippen LogP contribution < -0.4 is 0 Å². The molecule has 0 bridgehead atoms. The molecule has 1 aromatic carbocycles. The highest BCUT2D eigenvalue weighted by atomic mass is 32.2. The van der Waals surface area contributed by atoms with Gasteiger partial charge in [0.25, 0.3) is 0 Å². The van der Waals surface area contributed by atoms with Crippen molar-refractivity contribution in [2.24, 2.45) is 0 Å². The molecule has 0 aromatic heterocycles. The zero-order valence-corrected chi connectivity index (χ0v) is 11.2. The Morgan fingerprint density at radius 1 is 1.53 bits per heavy atom. The maximum absolute atomic E-state index is 13.3. The number of morpholine rings is 1. The fourth-order valence-corrected chi connectivity index (χ4v) is 3.70. The molecule has 0 radical (unpaired) electrons. The predicted octanol–water partition coefficient (Wildman–Crippen LogP) is 1.05. The van der Waals surface area contributed by atoms with E-state index in [2.05, 4.69) is 0 Å². The van der Waals surface area contributed by atoms with Gasteiger partial charge in [-0.3, -0.25) is 0 Å². The quantitative estimate of drug-likeness (QED) is 0.814. The van der Waals surface area contributed by atoms with Gasteiger partial charge in [0.05, 0.1) is 24.2 Å². The SMILES string of the molecule is Cc1ccc(F)cc1S(=O)(=O)N1CCOC[C@H]1C#N. The van der Waals surface area contributed by atoms with E-state index in [0.717, 1.165) is 10.4 Å². The number of halogens is 1. The van der Waals surface area contributed by atoms with Gasteiger partial charge in [0.15, 0.2) is 0 Å². The van der Waals surface area contributed by atoms with Crippen molar-refractivity contribution in [1.29, 1.82) is 5.26 Å². The highest BCUT2D eigenvalue weighted by Crippen LogP contribution is 2.24. The lowest BCUT2D eigenvalue weighted by Gasteiger charge is -2.30. The van der Waals surface area contributed by atoms with Crippen molar-refractivity contribution in [3.63, 3.8) is 0 Å². The van der Waals surface area contributed by atoms with Crippen LogP contribution in [0.15, 0.2) is 23.1 Å². The molecule has 1 fully saturated rings. The molecule has 7 heteroatoms. The summed E-state index contributed by atoms with van der Waals surface area (Å²) in [6.45, 7) is 1.94. The molecule has 0 amide bonds. The average molecular weight is 284 g/mol. The molecule has 0 spiro atoms. The molecule has 5 nitrogen and oxygen atoms in total. The minimum Gasteiger partial charge on any atom is -0.377 e. The van der Waals surface area contributed by atoms with Gasteiger partial charge in [0.1, 0.15) is 11.9 Å². The van der Waals surface area contributed by atoms with Gasteiger partial charge in [-0.2, -0.15) is 9.57 Å². The standard InChI is InChI=1S/C12H13FN2O3S/c1-9-2-3-10(13)6-12(9)19(16,17)15-4-5-18-8-11(15)7-14/h2-3,6,11H,4-5,8H2,1H3/t11-/m1/s1. The first-order chi connectivity index (χ1) is 8.96. The largest absolute Gasteiger partial charge is 0.377 e. The monoisotopic (exact) mass is 284 g/mol. The van der Waals surface area contributed by atoms with Crippen molar-refractivity contribution in [3.05, 3.63) is 29.6 Å². The smallest absolute Gasteiger partial charge is 0.244 e. The molecular formula is C12H13FN2O3S. The second kappa shape index (κ2) is 5.25. The van der Waals surface area contributed by atoms with Gasteiger partial charge in [-0.15, -0.1) is 0 Å². The molecule has 0 aliphatic carbocycles. The van der Waals surface area contributed by atoms with Crippen molar-refractivity contribution in [3.8, 4) is 6.07 Å². The zero-order chi connectivity index (χ0) is 14.0. The third-order valence-electron chi connectivity index (χ3n) is 2.97. The Hall–Kier alpha value is -1.49. The lowest BCUT2D eigenvalue weighted by Crippen LogP contribution is -2.47. The van der Waals surface area contributed by atoms with E-state index in [9.17, 15) is 12.8 Å². The van der Waals surface area contributed by atoms with Gasteiger partial charge in [-0.25, -0.2) is 12.8 Å². The van der Waals surface area contributed by atoms with E-state index in [1.54, 1.807) is 6.92 Å². The fraction of sp³-hybridized carbons (Fsp3) is 0.417. The summed E-state index contributed by atoms with van der Waals surface area (Å²) in [5.74, 6) is -0.619. The van der Waals surface area contributed by atoms with Gasteiger partial charge in [-0.1, -0.05) is 6.07 Å².